The number of amides is 2. The molecule has 0 spiro atoms. The predicted molar refractivity (Wildman–Crippen MR) is 102 cm³/mol. The minimum absolute atomic E-state index is 0.0704. The summed E-state index contributed by atoms with van der Waals surface area (Å²) in [6.07, 6.45) is 5.28. The van der Waals surface area contributed by atoms with Gasteiger partial charge in [0.2, 0.25) is 5.91 Å². The Kier molecular flexibility index (Phi) is 6.13. The summed E-state index contributed by atoms with van der Waals surface area (Å²) in [5.41, 5.74) is 0.522. The number of rotatable bonds is 8. The summed E-state index contributed by atoms with van der Waals surface area (Å²) >= 11 is 0. The quantitative estimate of drug-likeness (QED) is 0.522. The van der Waals surface area contributed by atoms with Crippen LogP contribution >= 0.6 is 0 Å². The van der Waals surface area contributed by atoms with Crippen molar-refractivity contribution in [3.63, 3.8) is 0 Å². The Morgan fingerprint density at radius 1 is 0.926 bits per heavy atom. The maximum Gasteiger partial charge on any atom is 0.251 e. The molecule has 138 valence electrons. The van der Waals surface area contributed by atoms with Gasteiger partial charge in [-0.25, -0.2) is 9.97 Å². The molecular weight excluding hydrogens is 344 g/mol. The van der Waals surface area contributed by atoms with Crippen molar-refractivity contribution in [2.45, 2.75) is 0 Å². The number of carbonyl (C=O) groups is 2. The molecule has 8 nitrogen and oxygen atoms in total. The molecule has 2 aromatic heterocycles. The Bertz CT molecular complexity index is 880. The van der Waals surface area contributed by atoms with Gasteiger partial charge in [-0.15, -0.1) is 0 Å². The van der Waals surface area contributed by atoms with Crippen molar-refractivity contribution in [1.29, 1.82) is 0 Å². The molecule has 1 aromatic carbocycles. The smallest absolute Gasteiger partial charge is 0.251 e. The molecule has 0 aliphatic rings. The van der Waals surface area contributed by atoms with Crippen molar-refractivity contribution in [3.05, 3.63) is 72.8 Å². The molecule has 0 saturated carbocycles. The Hall–Kier alpha value is -3.68. The van der Waals surface area contributed by atoms with Gasteiger partial charge >= 0.3 is 0 Å². The van der Waals surface area contributed by atoms with Crippen LogP contribution in [0.1, 0.15) is 10.4 Å². The average molecular weight is 364 g/mol. The first-order valence-electron chi connectivity index (χ1n) is 8.51. The highest BCUT2D eigenvalue weighted by atomic mass is 16.2. The van der Waals surface area contributed by atoms with Gasteiger partial charge in [-0.1, -0.05) is 18.2 Å². The molecule has 3 N–H and O–H groups in total. The van der Waals surface area contributed by atoms with Crippen LogP contribution in [0.2, 0.25) is 0 Å². The van der Waals surface area contributed by atoms with Gasteiger partial charge in [0.15, 0.2) is 0 Å². The average Bonchev–Trinajstić information content (AvgIpc) is 3.25. The Labute approximate surface area is 156 Å². The first-order valence-corrected chi connectivity index (χ1v) is 8.51. The first kappa shape index (κ1) is 18.1. The van der Waals surface area contributed by atoms with Gasteiger partial charge in [-0.05, 0) is 24.3 Å². The first-order chi connectivity index (χ1) is 13.2. The SMILES string of the molecule is O=C(CNC(=O)c1ccccc1)NCCNc1cc(-n2cccc2)ncn1. The molecule has 3 rings (SSSR count). The third-order valence-corrected chi connectivity index (χ3v) is 3.72. The monoisotopic (exact) mass is 364 g/mol. The lowest BCUT2D eigenvalue weighted by Crippen LogP contribution is -2.38. The number of anilines is 1. The van der Waals surface area contributed by atoms with E-state index in [0.29, 0.717) is 24.5 Å². The molecular formula is C19H20N6O2. The second kappa shape index (κ2) is 9.14. The van der Waals surface area contributed by atoms with Gasteiger partial charge < -0.3 is 20.5 Å². The molecule has 0 radical (unpaired) electrons. The summed E-state index contributed by atoms with van der Waals surface area (Å²) in [5, 5.41) is 8.45. The standard InChI is InChI=1S/C19H20N6O2/c26-18(13-22-19(27)15-6-2-1-3-7-15)21-9-8-20-16-12-17(24-14-23-16)25-10-4-5-11-25/h1-7,10-12,14H,8-9,13H2,(H,21,26)(H,22,27)(H,20,23,24). The third-order valence-electron chi connectivity index (χ3n) is 3.72. The lowest BCUT2D eigenvalue weighted by Gasteiger charge is -2.09. The molecule has 0 unspecified atom stereocenters. The summed E-state index contributed by atoms with van der Waals surface area (Å²) in [6, 6.07) is 14.4. The van der Waals surface area contributed by atoms with Gasteiger partial charge in [-0.2, -0.15) is 0 Å². The number of hydrogen-bond donors (Lipinski definition) is 3. The number of nitrogens with zero attached hydrogens (tertiary/aromatic N) is 3. The predicted octanol–water partition coefficient (Wildman–Crippen LogP) is 1.23. The molecule has 0 aliphatic carbocycles. The number of nitrogens with one attached hydrogen (secondary N) is 3. The van der Waals surface area contributed by atoms with Crippen LogP contribution in [-0.4, -0.2) is 46.0 Å². The summed E-state index contributed by atoms with van der Waals surface area (Å²) in [7, 11) is 0. The van der Waals surface area contributed by atoms with Gasteiger partial charge in [-0.3, -0.25) is 9.59 Å². The van der Waals surface area contributed by atoms with Crippen molar-refractivity contribution in [2.24, 2.45) is 0 Å². The summed E-state index contributed by atoms with van der Waals surface area (Å²) in [4.78, 5) is 32.1. The molecule has 2 heterocycles. The normalized spacial score (nSPS) is 10.2. The highest BCUT2D eigenvalue weighted by molar-refractivity contribution is 5.96. The van der Waals surface area contributed by atoms with Crippen LogP contribution in [0.5, 0.6) is 0 Å². The highest BCUT2D eigenvalue weighted by Crippen LogP contribution is 2.08. The van der Waals surface area contributed by atoms with E-state index in [1.807, 2.05) is 41.2 Å². The van der Waals surface area contributed by atoms with E-state index < -0.39 is 0 Å². The number of carbonyl (C=O) groups excluding carboxylic acids is 2. The van der Waals surface area contributed by atoms with Crippen LogP contribution in [-0.2, 0) is 4.79 Å². The number of aromatic nitrogens is 3. The minimum atomic E-state index is -0.276. The zero-order valence-electron chi connectivity index (χ0n) is 14.6. The molecule has 8 heteroatoms. The fourth-order valence-electron chi connectivity index (χ4n) is 2.38. The Morgan fingerprint density at radius 3 is 2.48 bits per heavy atom. The minimum Gasteiger partial charge on any atom is -0.368 e. The second-order valence-electron chi connectivity index (χ2n) is 5.68. The van der Waals surface area contributed by atoms with E-state index in [0.717, 1.165) is 5.82 Å². The largest absolute Gasteiger partial charge is 0.368 e. The Morgan fingerprint density at radius 2 is 1.70 bits per heavy atom. The topological polar surface area (TPSA) is 101 Å². The molecule has 0 saturated heterocycles. The second-order valence-corrected chi connectivity index (χ2v) is 5.68. The van der Waals surface area contributed by atoms with E-state index >= 15 is 0 Å². The Balaban J connectivity index is 1.37. The zero-order valence-corrected chi connectivity index (χ0v) is 14.6. The van der Waals surface area contributed by atoms with Crippen LogP contribution in [0.15, 0.2) is 67.3 Å². The number of benzene rings is 1. The summed E-state index contributed by atoms with van der Waals surface area (Å²) in [5.74, 6) is 0.893. The molecule has 2 amide bonds. The van der Waals surface area contributed by atoms with Crippen molar-refractivity contribution < 1.29 is 9.59 Å². The van der Waals surface area contributed by atoms with Crippen LogP contribution in [0, 0.1) is 0 Å². The molecule has 0 aliphatic heterocycles. The molecule has 27 heavy (non-hydrogen) atoms. The fraction of sp³-hybridized carbons (Fsp3) is 0.158. The highest BCUT2D eigenvalue weighted by Gasteiger charge is 2.07. The van der Waals surface area contributed by atoms with E-state index in [4.69, 9.17) is 0 Å². The van der Waals surface area contributed by atoms with E-state index in [2.05, 4.69) is 25.9 Å². The van der Waals surface area contributed by atoms with Crippen molar-refractivity contribution in [3.8, 4) is 5.82 Å². The zero-order chi connectivity index (χ0) is 18.9. The van der Waals surface area contributed by atoms with E-state index in [-0.39, 0.29) is 18.4 Å². The summed E-state index contributed by atoms with van der Waals surface area (Å²) in [6.45, 7) is 0.836. The molecule has 3 aromatic rings. The van der Waals surface area contributed by atoms with Crippen LogP contribution in [0.25, 0.3) is 5.82 Å². The van der Waals surface area contributed by atoms with E-state index in [9.17, 15) is 9.59 Å². The fourth-order valence-corrected chi connectivity index (χ4v) is 2.38. The van der Waals surface area contributed by atoms with E-state index in [1.165, 1.54) is 6.33 Å². The van der Waals surface area contributed by atoms with Gasteiger partial charge in [0.1, 0.15) is 18.0 Å². The lowest BCUT2D eigenvalue weighted by molar-refractivity contribution is -0.120. The molecule has 0 fully saturated rings. The van der Waals surface area contributed by atoms with Gasteiger partial charge in [0, 0.05) is 37.1 Å². The maximum atomic E-state index is 11.9. The third kappa shape index (κ3) is 5.40. The van der Waals surface area contributed by atoms with E-state index in [1.54, 1.807) is 24.3 Å². The van der Waals surface area contributed by atoms with Crippen LogP contribution in [0.4, 0.5) is 5.82 Å². The van der Waals surface area contributed by atoms with Gasteiger partial charge in [0.25, 0.3) is 5.91 Å². The maximum absolute atomic E-state index is 11.9. The van der Waals surface area contributed by atoms with Gasteiger partial charge in [0.05, 0.1) is 6.54 Å². The summed E-state index contributed by atoms with van der Waals surface area (Å²) < 4.78 is 1.88. The molecule has 0 bridgehead atoms. The molecule has 0 atom stereocenters. The lowest BCUT2D eigenvalue weighted by atomic mass is 10.2. The van der Waals surface area contributed by atoms with Crippen LogP contribution in [0.3, 0.4) is 0 Å². The van der Waals surface area contributed by atoms with Crippen LogP contribution < -0.4 is 16.0 Å². The van der Waals surface area contributed by atoms with Crippen molar-refractivity contribution in [1.82, 2.24) is 25.2 Å². The number of hydrogen-bond acceptors (Lipinski definition) is 5. The van der Waals surface area contributed by atoms with Crippen molar-refractivity contribution >= 4 is 17.6 Å². The van der Waals surface area contributed by atoms with Crippen molar-refractivity contribution in [2.75, 3.05) is 25.0 Å².